The van der Waals surface area contributed by atoms with Crippen LogP contribution in [0.2, 0.25) is 0 Å². The SMILES string of the molecule is CNC(O)CCCCSC. The molecule has 0 aliphatic carbocycles. The molecule has 2 nitrogen and oxygen atoms in total. The molecule has 0 fully saturated rings. The van der Waals surface area contributed by atoms with Crippen LogP contribution in [0.1, 0.15) is 19.3 Å². The lowest BCUT2D eigenvalue weighted by atomic mass is 10.2. The van der Waals surface area contributed by atoms with E-state index in [1.807, 2.05) is 11.8 Å². The number of thioether (sulfide) groups is 1. The number of aliphatic hydroxyl groups excluding tert-OH is 1. The Bertz CT molecular complexity index is 70.6. The third kappa shape index (κ3) is 6.39. The molecule has 0 aromatic rings. The van der Waals surface area contributed by atoms with Crippen LogP contribution in [-0.4, -0.2) is 30.4 Å². The highest BCUT2D eigenvalue weighted by molar-refractivity contribution is 7.98. The number of unbranched alkanes of at least 4 members (excludes halogenated alkanes) is 1. The van der Waals surface area contributed by atoms with Crippen molar-refractivity contribution < 1.29 is 5.11 Å². The summed E-state index contributed by atoms with van der Waals surface area (Å²) in [5, 5.41) is 11.8. The van der Waals surface area contributed by atoms with E-state index in [9.17, 15) is 0 Å². The van der Waals surface area contributed by atoms with E-state index >= 15 is 0 Å². The van der Waals surface area contributed by atoms with Crippen LogP contribution in [0.4, 0.5) is 0 Å². The van der Waals surface area contributed by atoms with E-state index in [1.165, 1.54) is 12.2 Å². The summed E-state index contributed by atoms with van der Waals surface area (Å²) in [6, 6.07) is 0. The quantitative estimate of drug-likeness (QED) is 0.453. The molecule has 0 aliphatic heterocycles. The van der Waals surface area contributed by atoms with Crippen molar-refractivity contribution in [3.8, 4) is 0 Å². The van der Waals surface area contributed by atoms with Gasteiger partial charge in [-0.05, 0) is 38.3 Å². The Morgan fingerprint density at radius 2 is 2.20 bits per heavy atom. The van der Waals surface area contributed by atoms with E-state index in [-0.39, 0.29) is 6.23 Å². The summed E-state index contributed by atoms with van der Waals surface area (Å²) in [4.78, 5) is 0. The Kier molecular flexibility index (Phi) is 7.58. The molecule has 0 heterocycles. The van der Waals surface area contributed by atoms with Gasteiger partial charge in [0.25, 0.3) is 0 Å². The molecule has 0 bridgehead atoms. The summed E-state index contributed by atoms with van der Waals surface area (Å²) in [6.45, 7) is 0. The van der Waals surface area contributed by atoms with Gasteiger partial charge in [-0.3, -0.25) is 5.32 Å². The molecule has 2 N–H and O–H groups in total. The maximum absolute atomic E-state index is 9.04. The van der Waals surface area contributed by atoms with Gasteiger partial charge in [-0.25, -0.2) is 0 Å². The Balaban J connectivity index is 2.89. The van der Waals surface area contributed by atoms with Gasteiger partial charge in [0.05, 0.1) is 0 Å². The fourth-order valence-electron chi connectivity index (χ4n) is 0.728. The van der Waals surface area contributed by atoms with Crippen LogP contribution >= 0.6 is 11.8 Å². The molecular weight excluding hydrogens is 146 g/mol. The second kappa shape index (κ2) is 7.38. The maximum atomic E-state index is 9.04. The monoisotopic (exact) mass is 163 g/mol. The van der Waals surface area contributed by atoms with Gasteiger partial charge in [0, 0.05) is 0 Å². The Morgan fingerprint density at radius 3 is 2.70 bits per heavy atom. The van der Waals surface area contributed by atoms with Gasteiger partial charge in [-0.1, -0.05) is 0 Å². The minimum Gasteiger partial charge on any atom is -0.379 e. The molecule has 0 saturated carbocycles. The number of aliphatic hydroxyl groups is 1. The largest absolute Gasteiger partial charge is 0.379 e. The molecule has 1 atom stereocenters. The van der Waals surface area contributed by atoms with Gasteiger partial charge in [0.15, 0.2) is 0 Å². The van der Waals surface area contributed by atoms with Crippen LogP contribution in [0, 0.1) is 0 Å². The first-order valence-electron chi connectivity index (χ1n) is 3.65. The van der Waals surface area contributed by atoms with Crippen molar-refractivity contribution in [1.82, 2.24) is 5.32 Å². The summed E-state index contributed by atoms with van der Waals surface area (Å²) < 4.78 is 0. The van der Waals surface area contributed by atoms with E-state index in [0.717, 1.165) is 12.8 Å². The molecule has 0 rings (SSSR count). The second-order valence-corrected chi connectivity index (χ2v) is 3.28. The molecular formula is C7H17NOS. The van der Waals surface area contributed by atoms with E-state index in [1.54, 1.807) is 7.05 Å². The van der Waals surface area contributed by atoms with Crippen molar-refractivity contribution in [2.24, 2.45) is 0 Å². The normalized spacial score (nSPS) is 13.5. The predicted molar refractivity (Wildman–Crippen MR) is 47.3 cm³/mol. The van der Waals surface area contributed by atoms with E-state index in [4.69, 9.17) is 5.11 Å². The molecule has 10 heavy (non-hydrogen) atoms. The van der Waals surface area contributed by atoms with Gasteiger partial charge >= 0.3 is 0 Å². The lowest BCUT2D eigenvalue weighted by molar-refractivity contribution is 0.134. The Labute approximate surface area is 67.4 Å². The van der Waals surface area contributed by atoms with E-state index < -0.39 is 0 Å². The van der Waals surface area contributed by atoms with Gasteiger partial charge < -0.3 is 5.11 Å². The van der Waals surface area contributed by atoms with Crippen molar-refractivity contribution in [3.63, 3.8) is 0 Å². The molecule has 3 heteroatoms. The summed E-state index contributed by atoms with van der Waals surface area (Å²) in [5.41, 5.74) is 0. The van der Waals surface area contributed by atoms with Crippen LogP contribution in [0.25, 0.3) is 0 Å². The zero-order chi connectivity index (χ0) is 7.82. The Hall–Kier alpha value is 0.270. The van der Waals surface area contributed by atoms with Crippen molar-refractivity contribution in [1.29, 1.82) is 0 Å². The fourth-order valence-corrected chi connectivity index (χ4v) is 1.22. The average Bonchev–Trinajstić information content (AvgIpc) is 1.98. The molecule has 0 radical (unpaired) electrons. The lowest BCUT2D eigenvalue weighted by Crippen LogP contribution is -2.23. The smallest absolute Gasteiger partial charge is 0.104 e. The standard InChI is InChI=1S/C7H17NOS/c1-8-7(9)5-3-4-6-10-2/h7-9H,3-6H2,1-2H3. The number of hydrogen-bond donors (Lipinski definition) is 2. The van der Waals surface area contributed by atoms with Gasteiger partial charge in [0.1, 0.15) is 6.23 Å². The van der Waals surface area contributed by atoms with Gasteiger partial charge in [-0.15, -0.1) is 0 Å². The number of nitrogens with one attached hydrogen (secondary N) is 1. The van der Waals surface area contributed by atoms with Crippen molar-refractivity contribution >= 4 is 11.8 Å². The number of hydrogen-bond acceptors (Lipinski definition) is 3. The third-order valence-corrected chi connectivity index (χ3v) is 2.11. The lowest BCUT2D eigenvalue weighted by Gasteiger charge is -2.07. The molecule has 0 amide bonds. The topological polar surface area (TPSA) is 32.3 Å². The highest BCUT2D eigenvalue weighted by atomic mass is 32.2. The molecule has 0 saturated heterocycles. The minimum atomic E-state index is -0.304. The molecule has 0 aromatic carbocycles. The van der Waals surface area contributed by atoms with Crippen molar-refractivity contribution in [3.05, 3.63) is 0 Å². The molecule has 1 unspecified atom stereocenters. The van der Waals surface area contributed by atoms with Crippen LogP contribution in [-0.2, 0) is 0 Å². The Morgan fingerprint density at radius 1 is 1.50 bits per heavy atom. The van der Waals surface area contributed by atoms with E-state index in [2.05, 4.69) is 11.6 Å². The van der Waals surface area contributed by atoms with Crippen LogP contribution in [0.5, 0.6) is 0 Å². The molecule has 0 spiro atoms. The van der Waals surface area contributed by atoms with Crippen LogP contribution in [0.15, 0.2) is 0 Å². The zero-order valence-electron chi connectivity index (χ0n) is 6.76. The van der Waals surface area contributed by atoms with E-state index in [0.29, 0.717) is 0 Å². The van der Waals surface area contributed by atoms with Crippen LogP contribution < -0.4 is 5.32 Å². The molecule has 0 aromatic heterocycles. The summed E-state index contributed by atoms with van der Waals surface area (Å²) in [6.07, 6.45) is 5.00. The fraction of sp³-hybridized carbons (Fsp3) is 1.00. The van der Waals surface area contributed by atoms with Gasteiger partial charge in [-0.2, -0.15) is 11.8 Å². The molecule has 0 aliphatic rings. The van der Waals surface area contributed by atoms with Crippen molar-refractivity contribution in [2.45, 2.75) is 25.5 Å². The third-order valence-electron chi connectivity index (χ3n) is 1.41. The summed E-state index contributed by atoms with van der Waals surface area (Å²) >= 11 is 1.86. The maximum Gasteiger partial charge on any atom is 0.104 e. The number of rotatable bonds is 6. The average molecular weight is 163 g/mol. The highest BCUT2D eigenvalue weighted by Crippen LogP contribution is 2.03. The van der Waals surface area contributed by atoms with Crippen LogP contribution in [0.3, 0.4) is 0 Å². The predicted octanol–water partition coefficient (Wildman–Crippen LogP) is 1.06. The van der Waals surface area contributed by atoms with Gasteiger partial charge in [0.2, 0.25) is 0 Å². The summed E-state index contributed by atoms with van der Waals surface area (Å²) in [5.74, 6) is 1.20. The second-order valence-electron chi connectivity index (χ2n) is 2.29. The highest BCUT2D eigenvalue weighted by Gasteiger charge is 1.97. The van der Waals surface area contributed by atoms with Crippen molar-refractivity contribution in [2.75, 3.05) is 19.1 Å². The molecule has 62 valence electrons. The first-order chi connectivity index (χ1) is 4.81. The first-order valence-corrected chi connectivity index (χ1v) is 5.05. The summed E-state index contributed by atoms with van der Waals surface area (Å²) in [7, 11) is 1.78. The minimum absolute atomic E-state index is 0.304. The zero-order valence-corrected chi connectivity index (χ0v) is 7.58. The first kappa shape index (κ1) is 10.3.